The molecule has 2 unspecified atom stereocenters. The number of carbonyl (C=O) groups is 3. The van der Waals surface area contributed by atoms with E-state index in [0.717, 1.165) is 16.5 Å². The molecule has 4 N–H and O–H groups in total. The zero-order chi connectivity index (χ0) is 24.0. The van der Waals surface area contributed by atoms with Gasteiger partial charge in [-0.1, -0.05) is 5.16 Å². The molecule has 1 saturated heterocycles. The molecule has 0 aliphatic carbocycles. The highest BCUT2D eigenvalue weighted by molar-refractivity contribution is 8.00. The van der Waals surface area contributed by atoms with E-state index in [1.807, 2.05) is 6.07 Å². The van der Waals surface area contributed by atoms with Crippen LogP contribution in [0.15, 0.2) is 62.2 Å². The predicted octanol–water partition coefficient (Wildman–Crippen LogP) is -1.43. The topological polar surface area (TPSA) is 191 Å². The summed E-state index contributed by atoms with van der Waals surface area (Å²) in [6.45, 7) is 0.170. The van der Waals surface area contributed by atoms with Crippen LogP contribution in [0, 0.1) is 0 Å². The average Bonchev–Trinajstić information content (AvgIpc) is 3.47. The Bertz CT molecular complexity index is 1390. The molecule has 3 aromatic rings. The van der Waals surface area contributed by atoms with E-state index in [1.165, 1.54) is 18.0 Å². The van der Waals surface area contributed by atoms with E-state index >= 15 is 0 Å². The molecule has 0 bridgehead atoms. The number of carboxylic acids is 1. The zero-order valence-corrected chi connectivity index (χ0v) is 18.0. The molecule has 5 heterocycles. The van der Waals surface area contributed by atoms with E-state index in [4.69, 9.17) is 14.6 Å². The van der Waals surface area contributed by atoms with Crippen LogP contribution in [-0.4, -0.2) is 55.8 Å². The van der Waals surface area contributed by atoms with Gasteiger partial charge in [0.2, 0.25) is 0 Å². The maximum Gasteiger partial charge on any atom is 0.380 e. The SMILES string of the molecule is Nc1nc(/C(=N\O)C(=O)NC2C(=O)N3C(C(=O)[O-])=C(C[n+]4cccc5ccoc54)CSC23)co1. The number of anilines is 1. The molecule has 2 amide bonds. The van der Waals surface area contributed by atoms with Crippen molar-refractivity contribution in [3.05, 3.63) is 53.9 Å². The maximum absolute atomic E-state index is 12.9. The lowest BCUT2D eigenvalue weighted by Gasteiger charge is -2.50. The molecule has 3 aromatic heterocycles. The third kappa shape index (κ3) is 3.44. The predicted molar refractivity (Wildman–Crippen MR) is 113 cm³/mol. The van der Waals surface area contributed by atoms with Gasteiger partial charge in [-0.15, -0.1) is 11.8 Å². The van der Waals surface area contributed by atoms with E-state index in [2.05, 4.69) is 15.5 Å². The van der Waals surface area contributed by atoms with Gasteiger partial charge in [-0.25, -0.2) is 0 Å². The van der Waals surface area contributed by atoms with Crippen molar-refractivity contribution in [2.24, 2.45) is 5.16 Å². The lowest BCUT2D eigenvalue weighted by molar-refractivity contribution is -0.669. The number of carboxylic acid groups (broad SMARTS) is 1. The Hall–Kier alpha value is -4.33. The van der Waals surface area contributed by atoms with Crippen LogP contribution >= 0.6 is 11.8 Å². The van der Waals surface area contributed by atoms with E-state index < -0.39 is 34.9 Å². The fourth-order valence-electron chi connectivity index (χ4n) is 3.93. The van der Waals surface area contributed by atoms with Crippen molar-refractivity contribution in [3.8, 4) is 0 Å². The standard InChI is InChI=1S/C20H16N6O7S/c21-20-22-11(7-33-20)12(24-31)15(27)23-13-16(28)26-14(19(29)30)10(8-34-18(13)26)6-25-4-1-2-9-3-5-32-17(9)25/h1-5,7,13,18H,6,8H2,(H4-,21,22,23,27,29,30,31). The number of nitrogens with zero attached hydrogens (tertiary/aromatic N) is 4. The second-order valence-corrected chi connectivity index (χ2v) is 8.54. The molecule has 0 aromatic carbocycles. The number of carbonyl (C=O) groups excluding carboxylic acids is 3. The first kappa shape index (κ1) is 21.5. The van der Waals surface area contributed by atoms with Crippen molar-refractivity contribution in [2.45, 2.75) is 18.0 Å². The number of β-lactam (4-membered cyclic amide) rings is 1. The monoisotopic (exact) mass is 484 g/mol. The summed E-state index contributed by atoms with van der Waals surface area (Å²) in [5, 5.41) is 26.7. The number of furan rings is 1. The summed E-state index contributed by atoms with van der Waals surface area (Å²) in [4.78, 5) is 42.2. The fourth-order valence-corrected chi connectivity index (χ4v) is 5.27. The molecule has 0 saturated carbocycles. The summed E-state index contributed by atoms with van der Waals surface area (Å²) in [6, 6.07) is 4.17. The van der Waals surface area contributed by atoms with Gasteiger partial charge < -0.3 is 35.0 Å². The van der Waals surface area contributed by atoms with Crippen LogP contribution in [0.25, 0.3) is 11.1 Å². The first-order valence-corrected chi connectivity index (χ1v) is 10.9. The minimum Gasteiger partial charge on any atom is -0.543 e. The van der Waals surface area contributed by atoms with E-state index in [9.17, 15) is 24.7 Å². The zero-order valence-electron chi connectivity index (χ0n) is 17.2. The second kappa shape index (κ2) is 8.22. The summed E-state index contributed by atoms with van der Waals surface area (Å²) in [5.74, 6) is -2.77. The maximum atomic E-state index is 12.9. The van der Waals surface area contributed by atoms with Crippen molar-refractivity contribution < 1.29 is 38.1 Å². The van der Waals surface area contributed by atoms with Crippen molar-refractivity contribution in [1.29, 1.82) is 0 Å². The highest BCUT2D eigenvalue weighted by atomic mass is 32.2. The van der Waals surface area contributed by atoms with Crippen molar-refractivity contribution in [1.82, 2.24) is 15.2 Å². The van der Waals surface area contributed by atoms with E-state index in [0.29, 0.717) is 11.3 Å². The van der Waals surface area contributed by atoms with Crippen LogP contribution in [0.4, 0.5) is 6.01 Å². The molecule has 5 rings (SSSR count). The highest BCUT2D eigenvalue weighted by Gasteiger charge is 2.53. The van der Waals surface area contributed by atoms with E-state index in [1.54, 1.807) is 22.9 Å². The molecule has 13 nitrogen and oxygen atoms in total. The summed E-state index contributed by atoms with van der Waals surface area (Å²) in [5.41, 5.74) is 5.52. The van der Waals surface area contributed by atoms with Crippen molar-refractivity contribution in [2.75, 3.05) is 11.5 Å². The van der Waals surface area contributed by atoms with Gasteiger partial charge in [0.25, 0.3) is 17.8 Å². The number of aromatic nitrogens is 2. The van der Waals surface area contributed by atoms with Gasteiger partial charge >= 0.3 is 5.71 Å². The van der Waals surface area contributed by atoms with Crippen molar-refractivity contribution >= 4 is 52.4 Å². The van der Waals surface area contributed by atoms with Crippen LogP contribution in [-0.2, 0) is 20.9 Å². The number of oxime groups is 1. The van der Waals surface area contributed by atoms with Gasteiger partial charge in [0.1, 0.15) is 23.4 Å². The van der Waals surface area contributed by atoms with Gasteiger partial charge in [-0.05, 0) is 12.1 Å². The molecule has 14 heteroatoms. The van der Waals surface area contributed by atoms with Crippen LogP contribution in [0.2, 0.25) is 0 Å². The van der Waals surface area contributed by atoms with Crippen LogP contribution in [0.5, 0.6) is 0 Å². The minimum absolute atomic E-state index is 0.126. The summed E-state index contributed by atoms with van der Waals surface area (Å²) < 4.78 is 12.0. The van der Waals surface area contributed by atoms with Gasteiger partial charge in [0, 0.05) is 17.4 Å². The Labute approximate surface area is 194 Å². The fraction of sp³-hybridized carbons (Fsp3) is 0.200. The third-order valence-corrected chi connectivity index (χ3v) is 6.78. The van der Waals surface area contributed by atoms with Crippen molar-refractivity contribution in [3.63, 3.8) is 0 Å². The largest absolute Gasteiger partial charge is 0.543 e. The molecule has 2 aliphatic heterocycles. The number of amides is 2. The molecule has 0 radical (unpaired) electrons. The molecule has 34 heavy (non-hydrogen) atoms. The Balaban J connectivity index is 1.37. The number of oxazole rings is 1. The van der Waals surface area contributed by atoms with Crippen LogP contribution < -0.4 is 20.7 Å². The Kier molecular flexibility index (Phi) is 5.20. The molecule has 0 spiro atoms. The van der Waals surface area contributed by atoms with Crippen LogP contribution in [0.1, 0.15) is 5.69 Å². The molecule has 2 aliphatic rings. The summed E-state index contributed by atoms with van der Waals surface area (Å²) in [6.07, 6.45) is 4.30. The number of nitrogens with two attached hydrogens (primary N) is 1. The van der Waals surface area contributed by atoms with E-state index in [-0.39, 0.29) is 29.7 Å². The van der Waals surface area contributed by atoms with Gasteiger partial charge in [0.05, 0.1) is 23.3 Å². The number of aliphatic carboxylic acids is 1. The normalized spacial score (nSPS) is 20.3. The number of nitrogens with one attached hydrogen (secondary N) is 1. The Morgan fingerprint density at radius 2 is 2.24 bits per heavy atom. The number of hydrogen-bond acceptors (Lipinski definition) is 11. The lowest BCUT2D eigenvalue weighted by Crippen LogP contribution is -2.71. The first-order chi connectivity index (χ1) is 16.4. The minimum atomic E-state index is -1.50. The highest BCUT2D eigenvalue weighted by Crippen LogP contribution is 2.40. The quantitative estimate of drug-likeness (QED) is 0.123. The third-order valence-electron chi connectivity index (χ3n) is 5.44. The summed E-state index contributed by atoms with van der Waals surface area (Å²) >= 11 is 1.28. The molecular weight excluding hydrogens is 468 g/mol. The lowest BCUT2D eigenvalue weighted by atomic mass is 10.0. The van der Waals surface area contributed by atoms with Gasteiger partial charge in [-0.2, -0.15) is 9.55 Å². The first-order valence-electron chi connectivity index (χ1n) is 9.87. The average molecular weight is 484 g/mol. The Morgan fingerprint density at radius 3 is 2.94 bits per heavy atom. The van der Waals surface area contributed by atoms with Gasteiger partial charge in [-0.3, -0.25) is 14.5 Å². The van der Waals surface area contributed by atoms with Gasteiger partial charge in [0.15, 0.2) is 18.5 Å². The van der Waals surface area contributed by atoms with Crippen LogP contribution in [0.3, 0.4) is 0 Å². The molecular formula is C20H16N6O7S. The number of hydrogen-bond donors (Lipinski definition) is 3. The molecule has 2 atom stereocenters. The number of pyridine rings is 1. The number of rotatable bonds is 6. The number of fused-ring (bicyclic) bond motifs is 2. The smallest absolute Gasteiger partial charge is 0.380 e. The second-order valence-electron chi connectivity index (χ2n) is 7.44. The Morgan fingerprint density at radius 1 is 1.41 bits per heavy atom. The summed E-state index contributed by atoms with van der Waals surface area (Å²) in [7, 11) is 0. The molecule has 174 valence electrons. The number of nitrogen functional groups attached to an aromatic ring is 1. The molecule has 1 fully saturated rings. The number of thioether (sulfide) groups is 1.